The van der Waals surface area contributed by atoms with Crippen molar-refractivity contribution in [3.8, 4) is 0 Å². The molecule has 0 aromatic heterocycles. The van der Waals surface area contributed by atoms with Crippen LogP contribution in [0.5, 0.6) is 0 Å². The highest BCUT2D eigenvalue weighted by molar-refractivity contribution is 6.30. The first kappa shape index (κ1) is 14.4. The summed E-state index contributed by atoms with van der Waals surface area (Å²) in [5.74, 6) is -0.973. The van der Waals surface area contributed by atoms with Crippen LogP contribution in [0.25, 0.3) is 0 Å². The van der Waals surface area contributed by atoms with E-state index in [9.17, 15) is 20.0 Å². The fourth-order valence-electron chi connectivity index (χ4n) is 1.65. The first-order valence-corrected chi connectivity index (χ1v) is 5.84. The Morgan fingerprint density at radius 3 is 2.61 bits per heavy atom. The number of carboxylic acid groups (broad SMARTS) is 1. The van der Waals surface area contributed by atoms with Crippen molar-refractivity contribution in [2.24, 2.45) is 5.41 Å². The Balaban J connectivity index is 3.20. The maximum Gasteiger partial charge on any atom is 0.309 e. The smallest absolute Gasteiger partial charge is 0.309 e. The highest BCUT2D eigenvalue weighted by atomic mass is 35.5. The fraction of sp³-hybridized carbons (Fsp3) is 0.417. The lowest BCUT2D eigenvalue weighted by molar-refractivity contribution is -0.385. The third kappa shape index (κ3) is 2.98. The Labute approximate surface area is 110 Å². The lowest BCUT2D eigenvalue weighted by Crippen LogP contribution is -2.29. The number of carbonyl (C=O) groups is 1. The molecule has 6 heteroatoms. The first-order valence-electron chi connectivity index (χ1n) is 5.46. The molecule has 1 N–H and O–H groups in total. The van der Waals surface area contributed by atoms with Crippen LogP contribution in [0.4, 0.5) is 5.69 Å². The van der Waals surface area contributed by atoms with Crippen LogP contribution in [-0.4, -0.2) is 16.0 Å². The fourth-order valence-corrected chi connectivity index (χ4v) is 1.84. The van der Waals surface area contributed by atoms with Gasteiger partial charge in [-0.2, -0.15) is 0 Å². The van der Waals surface area contributed by atoms with E-state index in [1.807, 2.05) is 0 Å². The molecule has 1 rings (SSSR count). The molecule has 1 aromatic rings. The van der Waals surface area contributed by atoms with Gasteiger partial charge in [-0.05, 0) is 31.9 Å². The van der Waals surface area contributed by atoms with Crippen LogP contribution in [0.3, 0.4) is 0 Å². The van der Waals surface area contributed by atoms with Gasteiger partial charge in [0.25, 0.3) is 5.69 Å². The Hall–Kier alpha value is -1.62. The van der Waals surface area contributed by atoms with Crippen molar-refractivity contribution < 1.29 is 14.8 Å². The summed E-state index contributed by atoms with van der Waals surface area (Å²) in [5, 5.41) is 20.4. The number of nitro groups is 1. The minimum absolute atomic E-state index is 0.0791. The van der Waals surface area contributed by atoms with E-state index in [4.69, 9.17) is 11.6 Å². The summed E-state index contributed by atoms with van der Waals surface area (Å²) in [6, 6.07) is 4.18. The van der Waals surface area contributed by atoms with E-state index < -0.39 is 16.3 Å². The molecule has 0 amide bonds. The number of aliphatic carboxylic acids is 1. The van der Waals surface area contributed by atoms with E-state index in [0.717, 1.165) is 0 Å². The standard InChI is InChI=1S/C12H14ClNO4/c1-3-12(2,11(15)16)7-8-6-9(13)4-5-10(8)14(17)18/h4-6H,3,7H2,1-2H3,(H,15,16). The number of nitrogens with zero attached hydrogens (tertiary/aromatic N) is 1. The van der Waals surface area contributed by atoms with Crippen LogP contribution in [0.2, 0.25) is 5.02 Å². The summed E-state index contributed by atoms with van der Waals surface area (Å²) < 4.78 is 0. The molecule has 0 aliphatic heterocycles. The quantitative estimate of drug-likeness (QED) is 0.658. The predicted octanol–water partition coefficient (Wildman–Crippen LogP) is 3.29. The van der Waals surface area contributed by atoms with Gasteiger partial charge >= 0.3 is 5.97 Å². The summed E-state index contributed by atoms with van der Waals surface area (Å²) in [6.07, 6.45) is 0.460. The van der Waals surface area contributed by atoms with Crippen molar-refractivity contribution in [3.05, 3.63) is 38.9 Å². The van der Waals surface area contributed by atoms with Gasteiger partial charge in [-0.3, -0.25) is 14.9 Å². The molecule has 0 aliphatic rings. The molecule has 0 fully saturated rings. The zero-order valence-corrected chi connectivity index (χ0v) is 10.9. The SMILES string of the molecule is CCC(C)(Cc1cc(Cl)ccc1[N+](=O)[O-])C(=O)O. The van der Waals surface area contributed by atoms with Gasteiger partial charge in [-0.25, -0.2) is 0 Å². The van der Waals surface area contributed by atoms with Gasteiger partial charge in [-0.1, -0.05) is 18.5 Å². The Morgan fingerprint density at radius 2 is 2.17 bits per heavy atom. The minimum atomic E-state index is -1.03. The zero-order chi connectivity index (χ0) is 13.9. The lowest BCUT2D eigenvalue weighted by atomic mass is 9.81. The van der Waals surface area contributed by atoms with Crippen LogP contribution in [0, 0.1) is 15.5 Å². The van der Waals surface area contributed by atoms with Crippen molar-refractivity contribution >= 4 is 23.3 Å². The van der Waals surface area contributed by atoms with E-state index in [-0.39, 0.29) is 12.1 Å². The first-order chi connectivity index (χ1) is 8.30. The topological polar surface area (TPSA) is 80.4 Å². The molecular formula is C12H14ClNO4. The van der Waals surface area contributed by atoms with E-state index in [2.05, 4.69) is 0 Å². The van der Waals surface area contributed by atoms with E-state index in [1.54, 1.807) is 13.8 Å². The second-order valence-electron chi connectivity index (χ2n) is 4.43. The molecular weight excluding hydrogens is 258 g/mol. The second kappa shape index (κ2) is 5.35. The monoisotopic (exact) mass is 271 g/mol. The third-order valence-corrected chi connectivity index (χ3v) is 3.35. The molecule has 0 heterocycles. The summed E-state index contributed by atoms with van der Waals surface area (Å²) >= 11 is 5.80. The van der Waals surface area contributed by atoms with E-state index in [1.165, 1.54) is 18.2 Å². The van der Waals surface area contributed by atoms with Crippen molar-refractivity contribution in [3.63, 3.8) is 0 Å². The largest absolute Gasteiger partial charge is 0.481 e. The number of hydrogen-bond acceptors (Lipinski definition) is 3. The highest BCUT2D eigenvalue weighted by Gasteiger charge is 2.33. The van der Waals surface area contributed by atoms with Gasteiger partial charge in [0.2, 0.25) is 0 Å². The minimum Gasteiger partial charge on any atom is -0.481 e. The number of benzene rings is 1. The van der Waals surface area contributed by atoms with Gasteiger partial charge in [0.15, 0.2) is 0 Å². The average molecular weight is 272 g/mol. The van der Waals surface area contributed by atoms with Gasteiger partial charge in [0.05, 0.1) is 10.3 Å². The molecule has 5 nitrogen and oxygen atoms in total. The number of rotatable bonds is 5. The molecule has 0 saturated carbocycles. The third-order valence-electron chi connectivity index (χ3n) is 3.12. The van der Waals surface area contributed by atoms with E-state index >= 15 is 0 Å². The maximum atomic E-state index is 11.2. The summed E-state index contributed by atoms with van der Waals surface area (Å²) in [7, 11) is 0. The van der Waals surface area contributed by atoms with Crippen LogP contribution >= 0.6 is 11.6 Å². The Morgan fingerprint density at radius 1 is 1.56 bits per heavy atom. The summed E-state index contributed by atoms with van der Waals surface area (Å²) in [5.41, 5.74) is -0.783. The molecule has 0 radical (unpaired) electrons. The molecule has 0 saturated heterocycles. The second-order valence-corrected chi connectivity index (χ2v) is 4.86. The summed E-state index contributed by atoms with van der Waals surface area (Å²) in [6.45, 7) is 3.31. The van der Waals surface area contributed by atoms with Crippen LogP contribution < -0.4 is 0 Å². The molecule has 1 atom stereocenters. The Bertz CT molecular complexity index is 489. The van der Waals surface area contributed by atoms with Gasteiger partial charge in [-0.15, -0.1) is 0 Å². The molecule has 98 valence electrons. The van der Waals surface area contributed by atoms with Crippen molar-refractivity contribution in [1.29, 1.82) is 0 Å². The zero-order valence-electron chi connectivity index (χ0n) is 10.1. The van der Waals surface area contributed by atoms with Crippen molar-refractivity contribution in [2.75, 3.05) is 0 Å². The average Bonchev–Trinajstić information content (AvgIpc) is 2.28. The van der Waals surface area contributed by atoms with Crippen molar-refractivity contribution in [2.45, 2.75) is 26.7 Å². The Kier molecular flexibility index (Phi) is 4.29. The summed E-state index contributed by atoms with van der Waals surface area (Å²) in [4.78, 5) is 21.6. The molecule has 0 spiro atoms. The highest BCUT2D eigenvalue weighted by Crippen LogP contribution is 2.32. The lowest BCUT2D eigenvalue weighted by Gasteiger charge is -2.22. The van der Waals surface area contributed by atoms with Gasteiger partial charge < -0.3 is 5.11 Å². The molecule has 1 aromatic carbocycles. The molecule has 0 aliphatic carbocycles. The number of carboxylic acids is 1. The van der Waals surface area contributed by atoms with Crippen LogP contribution in [0.15, 0.2) is 18.2 Å². The molecule has 18 heavy (non-hydrogen) atoms. The maximum absolute atomic E-state index is 11.2. The number of nitro benzene ring substituents is 1. The van der Waals surface area contributed by atoms with Crippen LogP contribution in [-0.2, 0) is 11.2 Å². The van der Waals surface area contributed by atoms with Gasteiger partial charge in [0, 0.05) is 16.7 Å². The van der Waals surface area contributed by atoms with E-state index in [0.29, 0.717) is 17.0 Å². The number of hydrogen-bond donors (Lipinski definition) is 1. The molecule has 1 unspecified atom stereocenters. The number of halogens is 1. The van der Waals surface area contributed by atoms with Crippen molar-refractivity contribution in [1.82, 2.24) is 0 Å². The predicted molar refractivity (Wildman–Crippen MR) is 67.8 cm³/mol. The normalized spacial score (nSPS) is 13.9. The van der Waals surface area contributed by atoms with Crippen LogP contribution in [0.1, 0.15) is 25.8 Å². The van der Waals surface area contributed by atoms with Gasteiger partial charge in [0.1, 0.15) is 0 Å². The molecule has 0 bridgehead atoms.